The van der Waals surface area contributed by atoms with Gasteiger partial charge in [0.1, 0.15) is 12.4 Å². The Balaban J connectivity index is 1.29. The molecule has 4 aromatic rings. The molecule has 0 bridgehead atoms. The molecule has 0 unspecified atom stereocenters. The van der Waals surface area contributed by atoms with E-state index in [0.717, 1.165) is 44.5 Å². The predicted octanol–water partition coefficient (Wildman–Crippen LogP) is 5.54. The summed E-state index contributed by atoms with van der Waals surface area (Å²) in [6, 6.07) is 23.6. The van der Waals surface area contributed by atoms with Crippen molar-refractivity contribution < 1.29 is 4.74 Å². The molecule has 9 heteroatoms. The van der Waals surface area contributed by atoms with Crippen molar-refractivity contribution in [2.24, 2.45) is 0 Å². The molecular weight excluding hydrogens is 510 g/mol. The number of nitrogens with zero attached hydrogens (tertiary/aromatic N) is 4. The fourth-order valence-corrected chi connectivity index (χ4v) is 4.46. The monoisotopic (exact) mass is 529 g/mol. The van der Waals surface area contributed by atoms with Gasteiger partial charge in [-0.1, -0.05) is 69.6 Å². The lowest BCUT2D eigenvalue weighted by molar-refractivity contribution is 0.302. The number of aromatic nitrogens is 4. The molecule has 0 saturated heterocycles. The minimum absolute atomic E-state index is 0.465. The molecule has 3 aromatic carbocycles. The van der Waals surface area contributed by atoms with Crippen molar-refractivity contribution in [3.05, 3.63) is 93.4 Å². The molecule has 0 amide bonds. The van der Waals surface area contributed by atoms with Gasteiger partial charge < -0.3 is 10.1 Å². The van der Waals surface area contributed by atoms with Gasteiger partial charge in [0.2, 0.25) is 5.16 Å². The van der Waals surface area contributed by atoms with Crippen molar-refractivity contribution >= 4 is 39.3 Å². The van der Waals surface area contributed by atoms with Crippen LogP contribution in [0.4, 0.5) is 0 Å². The lowest BCUT2D eigenvalue weighted by Gasteiger charge is -2.13. The van der Waals surface area contributed by atoms with Crippen LogP contribution in [0.5, 0.6) is 5.75 Å². The Morgan fingerprint density at radius 2 is 1.91 bits per heavy atom. The third kappa shape index (κ3) is 6.32. The van der Waals surface area contributed by atoms with Crippen LogP contribution in [-0.2, 0) is 13.2 Å². The first-order valence-electron chi connectivity index (χ1n) is 10.0. The van der Waals surface area contributed by atoms with Gasteiger partial charge in [-0.25, -0.2) is 0 Å². The Morgan fingerprint density at radius 1 is 1.03 bits per heavy atom. The van der Waals surface area contributed by atoms with Crippen molar-refractivity contribution in [1.82, 2.24) is 25.5 Å². The smallest absolute Gasteiger partial charge is 0.214 e. The molecule has 1 N–H and O–H groups in total. The lowest BCUT2D eigenvalue weighted by Crippen LogP contribution is -2.17. The number of benzene rings is 3. The maximum absolute atomic E-state index is 6.07. The van der Waals surface area contributed by atoms with Crippen molar-refractivity contribution in [3.63, 3.8) is 0 Å². The van der Waals surface area contributed by atoms with Crippen LogP contribution in [-0.4, -0.2) is 32.5 Å². The molecule has 0 aliphatic rings. The van der Waals surface area contributed by atoms with Gasteiger partial charge in [-0.15, -0.1) is 5.10 Å². The first kappa shape index (κ1) is 22.8. The second-order valence-electron chi connectivity index (χ2n) is 6.90. The van der Waals surface area contributed by atoms with Crippen LogP contribution >= 0.6 is 39.3 Å². The number of halogens is 2. The molecule has 0 fully saturated rings. The molecule has 1 heterocycles. The number of hydrogen-bond acceptors (Lipinski definition) is 6. The van der Waals surface area contributed by atoms with E-state index in [1.54, 1.807) is 16.4 Å². The Kier molecular flexibility index (Phi) is 8.17. The summed E-state index contributed by atoms with van der Waals surface area (Å²) >= 11 is 11.2. The van der Waals surface area contributed by atoms with Crippen molar-refractivity contribution in [2.75, 3.05) is 12.3 Å². The fraction of sp³-hybridized carbons (Fsp3) is 0.174. The zero-order valence-electron chi connectivity index (χ0n) is 17.1. The number of hydrogen-bond donors (Lipinski definition) is 1. The van der Waals surface area contributed by atoms with Crippen LogP contribution in [0.3, 0.4) is 0 Å². The molecule has 0 spiro atoms. The SMILES string of the molecule is Clc1cccc(COc2ccc(Br)cc2CNCCSc2nnnn2-c2ccccc2)c1. The van der Waals surface area contributed by atoms with Crippen LogP contribution in [0.15, 0.2) is 82.4 Å². The molecule has 32 heavy (non-hydrogen) atoms. The number of nitrogens with one attached hydrogen (secondary N) is 1. The molecule has 1 aromatic heterocycles. The number of rotatable bonds is 10. The summed E-state index contributed by atoms with van der Waals surface area (Å²) in [6.45, 7) is 1.95. The average Bonchev–Trinajstić information content (AvgIpc) is 3.27. The highest BCUT2D eigenvalue weighted by Gasteiger charge is 2.09. The predicted molar refractivity (Wildman–Crippen MR) is 132 cm³/mol. The van der Waals surface area contributed by atoms with Gasteiger partial charge in [0.15, 0.2) is 0 Å². The zero-order chi connectivity index (χ0) is 22.2. The Bertz CT molecular complexity index is 1160. The second kappa shape index (κ2) is 11.5. The summed E-state index contributed by atoms with van der Waals surface area (Å²) in [5.74, 6) is 1.68. The number of ether oxygens (including phenoxy) is 1. The van der Waals surface area contributed by atoms with Crippen LogP contribution in [0.1, 0.15) is 11.1 Å². The fourth-order valence-electron chi connectivity index (χ4n) is 3.05. The standard InChI is InChI=1S/C23H21BrClN5OS/c24-19-9-10-22(31-16-17-5-4-6-20(25)13-17)18(14-19)15-26-11-12-32-23-27-28-29-30(23)21-7-2-1-3-8-21/h1-10,13-14,26H,11-12,15-16H2. The quantitative estimate of drug-likeness (QED) is 0.215. The summed E-state index contributed by atoms with van der Waals surface area (Å²) in [5.41, 5.74) is 3.07. The van der Waals surface area contributed by atoms with E-state index in [9.17, 15) is 0 Å². The van der Waals surface area contributed by atoms with Crippen LogP contribution in [0, 0.1) is 0 Å². The number of tetrazole rings is 1. The highest BCUT2D eigenvalue weighted by atomic mass is 79.9. The van der Waals surface area contributed by atoms with E-state index in [-0.39, 0.29) is 0 Å². The minimum Gasteiger partial charge on any atom is -0.489 e. The van der Waals surface area contributed by atoms with Gasteiger partial charge in [-0.2, -0.15) is 4.68 Å². The highest BCUT2D eigenvalue weighted by Crippen LogP contribution is 2.25. The van der Waals surface area contributed by atoms with Gasteiger partial charge in [-0.3, -0.25) is 0 Å². The van der Waals surface area contributed by atoms with Gasteiger partial charge in [-0.05, 0) is 58.5 Å². The van der Waals surface area contributed by atoms with E-state index in [1.807, 2.05) is 66.7 Å². The maximum atomic E-state index is 6.07. The first-order chi connectivity index (χ1) is 15.7. The molecular formula is C23H21BrClN5OS. The van der Waals surface area contributed by atoms with E-state index >= 15 is 0 Å². The Hall–Kier alpha value is -2.39. The summed E-state index contributed by atoms with van der Waals surface area (Å²) < 4.78 is 8.82. The van der Waals surface area contributed by atoms with Crippen LogP contribution in [0.25, 0.3) is 5.69 Å². The summed E-state index contributed by atoms with van der Waals surface area (Å²) in [6.07, 6.45) is 0. The minimum atomic E-state index is 0.465. The summed E-state index contributed by atoms with van der Waals surface area (Å²) in [4.78, 5) is 0. The van der Waals surface area contributed by atoms with E-state index in [0.29, 0.717) is 18.2 Å². The molecule has 0 radical (unpaired) electrons. The zero-order valence-corrected chi connectivity index (χ0v) is 20.3. The third-order valence-corrected chi connectivity index (χ3v) is 6.22. The van der Waals surface area contributed by atoms with Crippen LogP contribution in [0.2, 0.25) is 5.02 Å². The Labute approximate surface area is 204 Å². The van der Waals surface area contributed by atoms with E-state index < -0.39 is 0 Å². The summed E-state index contributed by atoms with van der Waals surface area (Å²) in [7, 11) is 0. The summed E-state index contributed by atoms with van der Waals surface area (Å²) in [5, 5.41) is 17.0. The molecule has 164 valence electrons. The van der Waals surface area contributed by atoms with E-state index in [2.05, 4.69) is 42.8 Å². The molecule has 6 nitrogen and oxygen atoms in total. The van der Waals surface area contributed by atoms with Crippen molar-refractivity contribution in [2.45, 2.75) is 18.3 Å². The molecule has 0 aliphatic carbocycles. The highest BCUT2D eigenvalue weighted by molar-refractivity contribution is 9.10. The van der Waals surface area contributed by atoms with E-state index in [4.69, 9.17) is 16.3 Å². The van der Waals surface area contributed by atoms with Gasteiger partial charge in [0.05, 0.1) is 5.69 Å². The van der Waals surface area contributed by atoms with Gasteiger partial charge in [0, 0.05) is 33.9 Å². The van der Waals surface area contributed by atoms with Crippen LogP contribution < -0.4 is 10.1 Å². The van der Waals surface area contributed by atoms with Crippen molar-refractivity contribution in [1.29, 1.82) is 0 Å². The Morgan fingerprint density at radius 3 is 2.75 bits per heavy atom. The average molecular weight is 531 g/mol. The molecule has 0 atom stereocenters. The van der Waals surface area contributed by atoms with Gasteiger partial charge in [0.25, 0.3) is 0 Å². The van der Waals surface area contributed by atoms with E-state index in [1.165, 1.54) is 0 Å². The second-order valence-corrected chi connectivity index (χ2v) is 9.32. The largest absolute Gasteiger partial charge is 0.489 e. The lowest BCUT2D eigenvalue weighted by atomic mass is 10.2. The maximum Gasteiger partial charge on any atom is 0.214 e. The van der Waals surface area contributed by atoms with Crippen molar-refractivity contribution in [3.8, 4) is 11.4 Å². The third-order valence-electron chi connectivity index (χ3n) is 4.57. The van der Waals surface area contributed by atoms with Gasteiger partial charge >= 0.3 is 0 Å². The first-order valence-corrected chi connectivity index (χ1v) is 12.2. The molecule has 0 aliphatic heterocycles. The molecule has 0 saturated carbocycles. The topological polar surface area (TPSA) is 64.9 Å². The normalized spacial score (nSPS) is 10.9. The number of para-hydroxylation sites is 1. The number of thioether (sulfide) groups is 1. The molecule has 4 rings (SSSR count).